The van der Waals surface area contributed by atoms with E-state index in [4.69, 9.17) is 5.73 Å². The van der Waals surface area contributed by atoms with Crippen molar-refractivity contribution >= 4 is 21.4 Å². The van der Waals surface area contributed by atoms with Crippen LogP contribution in [0, 0.1) is 5.92 Å². The van der Waals surface area contributed by atoms with Crippen molar-refractivity contribution in [2.75, 3.05) is 13.1 Å². The Morgan fingerprint density at radius 2 is 2.22 bits per heavy atom. The molecule has 2 aromatic rings. The Balaban J connectivity index is 1.80. The van der Waals surface area contributed by atoms with Gasteiger partial charge in [-0.05, 0) is 48.2 Å². The smallest absolute Gasteiger partial charge is 0.0346 e. The van der Waals surface area contributed by atoms with Gasteiger partial charge in [-0.3, -0.25) is 4.90 Å². The van der Waals surface area contributed by atoms with Gasteiger partial charge in [-0.1, -0.05) is 18.2 Å². The van der Waals surface area contributed by atoms with Crippen molar-refractivity contribution in [3.8, 4) is 0 Å². The van der Waals surface area contributed by atoms with Crippen LogP contribution >= 0.6 is 11.3 Å². The molecule has 0 bridgehead atoms. The molecule has 1 aliphatic rings. The summed E-state index contributed by atoms with van der Waals surface area (Å²) >= 11 is 1.85. The summed E-state index contributed by atoms with van der Waals surface area (Å²) in [5.74, 6) is 0.685. The van der Waals surface area contributed by atoms with E-state index in [-0.39, 0.29) is 0 Å². The van der Waals surface area contributed by atoms with Crippen molar-refractivity contribution in [3.05, 3.63) is 35.2 Å². The molecule has 0 aliphatic carbocycles. The number of benzene rings is 1. The zero-order chi connectivity index (χ0) is 12.5. The minimum Gasteiger partial charge on any atom is -0.330 e. The highest BCUT2D eigenvalue weighted by atomic mass is 32.1. The van der Waals surface area contributed by atoms with Crippen molar-refractivity contribution in [1.29, 1.82) is 0 Å². The first kappa shape index (κ1) is 12.2. The summed E-state index contributed by atoms with van der Waals surface area (Å²) < 4.78 is 1.40. The average molecular weight is 260 g/mol. The number of hydrogen-bond acceptors (Lipinski definition) is 3. The van der Waals surface area contributed by atoms with Crippen LogP contribution in [0.1, 0.15) is 18.9 Å². The third-order valence-electron chi connectivity index (χ3n) is 4.06. The molecule has 1 saturated heterocycles. The molecule has 0 amide bonds. The molecule has 2 nitrogen and oxygen atoms in total. The number of hydrogen-bond donors (Lipinski definition) is 1. The lowest BCUT2D eigenvalue weighted by Crippen LogP contribution is -2.27. The molecule has 0 spiro atoms. The van der Waals surface area contributed by atoms with Crippen LogP contribution in [-0.4, -0.2) is 24.0 Å². The lowest BCUT2D eigenvalue weighted by molar-refractivity contribution is 0.257. The quantitative estimate of drug-likeness (QED) is 0.919. The predicted molar refractivity (Wildman–Crippen MR) is 78.9 cm³/mol. The molecular formula is C15H20N2S. The van der Waals surface area contributed by atoms with Gasteiger partial charge in [-0.2, -0.15) is 0 Å². The maximum absolute atomic E-state index is 5.80. The Hall–Kier alpha value is -0.900. The van der Waals surface area contributed by atoms with Crippen molar-refractivity contribution in [2.45, 2.75) is 25.9 Å². The van der Waals surface area contributed by atoms with Crippen molar-refractivity contribution < 1.29 is 0 Å². The first-order valence-electron chi connectivity index (χ1n) is 6.67. The van der Waals surface area contributed by atoms with E-state index in [0.717, 1.165) is 19.6 Å². The Morgan fingerprint density at radius 3 is 3.00 bits per heavy atom. The van der Waals surface area contributed by atoms with E-state index in [1.165, 1.54) is 22.1 Å². The van der Waals surface area contributed by atoms with Gasteiger partial charge >= 0.3 is 0 Å². The standard InChI is InChI=1S/C15H20N2S/c1-11-6-12(7-16)8-17(11)9-13-10-18-15-5-3-2-4-14(13)15/h2-5,10-12H,6-9,16H2,1H3. The highest BCUT2D eigenvalue weighted by Crippen LogP contribution is 2.30. The van der Waals surface area contributed by atoms with E-state index >= 15 is 0 Å². The number of nitrogens with zero attached hydrogens (tertiary/aromatic N) is 1. The molecule has 2 heterocycles. The zero-order valence-corrected chi connectivity index (χ0v) is 11.6. The normalized spacial score (nSPS) is 25.0. The fourth-order valence-electron chi connectivity index (χ4n) is 2.98. The fourth-order valence-corrected chi connectivity index (χ4v) is 3.94. The molecule has 96 valence electrons. The van der Waals surface area contributed by atoms with Crippen LogP contribution in [0.4, 0.5) is 0 Å². The average Bonchev–Trinajstić information content (AvgIpc) is 2.95. The Bertz CT molecular complexity index is 534. The summed E-state index contributed by atoms with van der Waals surface area (Å²) in [6, 6.07) is 9.36. The van der Waals surface area contributed by atoms with Crippen molar-refractivity contribution in [1.82, 2.24) is 4.90 Å². The summed E-state index contributed by atoms with van der Waals surface area (Å²) in [4.78, 5) is 2.58. The molecule has 1 aromatic carbocycles. The van der Waals surface area contributed by atoms with Crippen LogP contribution in [0.2, 0.25) is 0 Å². The van der Waals surface area contributed by atoms with E-state index in [9.17, 15) is 0 Å². The zero-order valence-electron chi connectivity index (χ0n) is 10.8. The first-order chi connectivity index (χ1) is 8.78. The van der Waals surface area contributed by atoms with E-state index < -0.39 is 0 Å². The minimum atomic E-state index is 0.664. The highest BCUT2D eigenvalue weighted by Gasteiger charge is 2.28. The lowest BCUT2D eigenvalue weighted by Gasteiger charge is -2.20. The third-order valence-corrected chi connectivity index (χ3v) is 5.07. The van der Waals surface area contributed by atoms with Gasteiger partial charge in [0.15, 0.2) is 0 Å². The van der Waals surface area contributed by atoms with Crippen LogP contribution in [0.3, 0.4) is 0 Å². The van der Waals surface area contributed by atoms with E-state index in [0.29, 0.717) is 12.0 Å². The summed E-state index contributed by atoms with van der Waals surface area (Å²) in [5, 5.41) is 3.73. The van der Waals surface area contributed by atoms with Gasteiger partial charge in [0, 0.05) is 23.8 Å². The number of rotatable bonds is 3. The SMILES string of the molecule is CC1CC(CN)CN1Cc1csc2ccccc12. The van der Waals surface area contributed by atoms with Gasteiger partial charge in [0.2, 0.25) is 0 Å². The van der Waals surface area contributed by atoms with E-state index in [2.05, 4.69) is 41.5 Å². The van der Waals surface area contributed by atoms with Gasteiger partial charge in [0.25, 0.3) is 0 Å². The lowest BCUT2D eigenvalue weighted by atomic mass is 10.1. The van der Waals surface area contributed by atoms with Crippen LogP contribution in [-0.2, 0) is 6.54 Å². The summed E-state index contributed by atoms with van der Waals surface area (Å²) in [7, 11) is 0. The van der Waals surface area contributed by atoms with E-state index in [1.807, 2.05) is 11.3 Å². The number of fused-ring (bicyclic) bond motifs is 1. The minimum absolute atomic E-state index is 0.664. The molecule has 2 atom stereocenters. The van der Waals surface area contributed by atoms with Gasteiger partial charge in [0.1, 0.15) is 0 Å². The maximum atomic E-state index is 5.80. The van der Waals surface area contributed by atoms with Crippen molar-refractivity contribution in [2.24, 2.45) is 11.7 Å². The maximum Gasteiger partial charge on any atom is 0.0346 e. The first-order valence-corrected chi connectivity index (χ1v) is 7.55. The summed E-state index contributed by atoms with van der Waals surface area (Å²) in [5.41, 5.74) is 7.27. The number of nitrogens with two attached hydrogens (primary N) is 1. The molecule has 1 fully saturated rings. The van der Waals surface area contributed by atoms with Gasteiger partial charge < -0.3 is 5.73 Å². The predicted octanol–water partition coefficient (Wildman–Crippen LogP) is 3.07. The van der Waals surface area contributed by atoms with Crippen LogP contribution in [0.15, 0.2) is 29.6 Å². The molecule has 18 heavy (non-hydrogen) atoms. The van der Waals surface area contributed by atoms with Crippen LogP contribution in [0.25, 0.3) is 10.1 Å². The molecule has 1 aliphatic heterocycles. The third kappa shape index (κ3) is 2.18. The monoisotopic (exact) mass is 260 g/mol. The molecule has 2 N–H and O–H groups in total. The topological polar surface area (TPSA) is 29.3 Å². The number of likely N-dealkylation sites (tertiary alicyclic amines) is 1. The molecule has 2 unspecified atom stereocenters. The molecule has 0 saturated carbocycles. The molecular weight excluding hydrogens is 240 g/mol. The van der Waals surface area contributed by atoms with Gasteiger partial charge in [0.05, 0.1) is 0 Å². The summed E-state index contributed by atoms with van der Waals surface area (Å²) in [6.45, 7) is 5.37. The second-order valence-corrected chi connectivity index (χ2v) is 6.28. The number of thiophene rings is 1. The molecule has 3 heteroatoms. The van der Waals surface area contributed by atoms with Crippen LogP contribution < -0.4 is 5.73 Å². The highest BCUT2D eigenvalue weighted by molar-refractivity contribution is 7.17. The van der Waals surface area contributed by atoms with Gasteiger partial charge in [-0.15, -0.1) is 11.3 Å². The van der Waals surface area contributed by atoms with Crippen molar-refractivity contribution in [3.63, 3.8) is 0 Å². The Kier molecular flexibility index (Phi) is 3.37. The molecule has 0 radical (unpaired) electrons. The van der Waals surface area contributed by atoms with Gasteiger partial charge in [-0.25, -0.2) is 0 Å². The summed E-state index contributed by atoms with van der Waals surface area (Å²) in [6.07, 6.45) is 1.25. The van der Waals surface area contributed by atoms with Crippen LogP contribution in [0.5, 0.6) is 0 Å². The fraction of sp³-hybridized carbons (Fsp3) is 0.467. The van der Waals surface area contributed by atoms with E-state index in [1.54, 1.807) is 0 Å². The Morgan fingerprint density at radius 1 is 1.39 bits per heavy atom. The Labute approximate surface area is 112 Å². The second-order valence-electron chi connectivity index (χ2n) is 5.37. The molecule has 3 rings (SSSR count). The second kappa shape index (κ2) is 5.00. The molecule has 1 aromatic heterocycles. The largest absolute Gasteiger partial charge is 0.330 e.